The first-order chi connectivity index (χ1) is 18.3. The Bertz CT molecular complexity index is 1440. The number of halogens is 2. The number of amides is 4. The van der Waals surface area contributed by atoms with Crippen LogP contribution in [0.25, 0.3) is 6.08 Å². The number of carbonyl (C=O) groups excluding carboxylic acids is 3. The number of allylic oxidation sites excluding steroid dienone is 1. The third-order valence-corrected chi connectivity index (χ3v) is 5.82. The van der Waals surface area contributed by atoms with Gasteiger partial charge in [-0.25, -0.2) is 14.1 Å². The van der Waals surface area contributed by atoms with Crippen molar-refractivity contribution in [1.29, 1.82) is 0 Å². The summed E-state index contributed by atoms with van der Waals surface area (Å²) >= 11 is 6.09. The molecule has 194 valence electrons. The summed E-state index contributed by atoms with van der Waals surface area (Å²) in [6, 6.07) is 14.6. The zero-order valence-corrected chi connectivity index (χ0v) is 21.3. The normalized spacial score (nSPS) is 14.4. The molecule has 3 aromatic rings. The Morgan fingerprint density at radius 2 is 1.82 bits per heavy atom. The van der Waals surface area contributed by atoms with Crippen LogP contribution < -0.4 is 19.7 Å². The molecule has 0 aliphatic carbocycles. The van der Waals surface area contributed by atoms with Crippen molar-refractivity contribution in [3.8, 4) is 11.5 Å². The van der Waals surface area contributed by atoms with Crippen LogP contribution in [0.2, 0.25) is 5.02 Å². The molecule has 1 aliphatic rings. The van der Waals surface area contributed by atoms with E-state index in [9.17, 15) is 18.8 Å². The molecule has 4 rings (SSSR count). The van der Waals surface area contributed by atoms with Crippen LogP contribution in [0.1, 0.15) is 23.6 Å². The van der Waals surface area contributed by atoms with Crippen LogP contribution >= 0.6 is 11.6 Å². The number of barbiturate groups is 1. The van der Waals surface area contributed by atoms with Crippen molar-refractivity contribution in [3.05, 3.63) is 106 Å². The Labute approximate surface area is 224 Å². The topological polar surface area (TPSA) is 84.9 Å². The minimum Gasteiger partial charge on any atom is -0.490 e. The predicted molar refractivity (Wildman–Crippen MR) is 143 cm³/mol. The second-order valence-electron chi connectivity index (χ2n) is 8.29. The summed E-state index contributed by atoms with van der Waals surface area (Å²) in [6.07, 6.45) is 3.49. The molecule has 1 saturated heterocycles. The van der Waals surface area contributed by atoms with E-state index in [1.807, 2.05) is 19.1 Å². The second kappa shape index (κ2) is 11.7. The monoisotopic (exact) mass is 534 g/mol. The number of rotatable bonds is 9. The standard InChI is InChI=1S/C29H24ClFN2O5/c1-3-6-20-13-19(16-25(37-4-2)26(20)38-17-18-7-5-8-21(30)14-18)15-24-27(34)32-29(36)33(28(24)35)23-11-9-22(31)10-12-23/h3,5,7-16H,1,4,6,17H2,2H3,(H,32,34,36)/b24-15+. The molecule has 4 amide bonds. The Balaban J connectivity index is 1.71. The van der Waals surface area contributed by atoms with Crippen molar-refractivity contribution >= 4 is 41.2 Å². The van der Waals surface area contributed by atoms with Crippen LogP contribution in [0.3, 0.4) is 0 Å². The third-order valence-electron chi connectivity index (χ3n) is 5.59. The average Bonchev–Trinajstić information content (AvgIpc) is 2.87. The highest BCUT2D eigenvalue weighted by Crippen LogP contribution is 2.36. The molecule has 3 aromatic carbocycles. The lowest BCUT2D eigenvalue weighted by Gasteiger charge is -2.26. The maximum absolute atomic E-state index is 13.4. The van der Waals surface area contributed by atoms with Crippen LogP contribution in [0.5, 0.6) is 11.5 Å². The molecule has 1 N–H and O–H groups in total. The number of hydrogen-bond acceptors (Lipinski definition) is 5. The molecule has 0 atom stereocenters. The fourth-order valence-corrected chi connectivity index (χ4v) is 4.14. The Kier molecular flexibility index (Phi) is 8.23. The van der Waals surface area contributed by atoms with Crippen LogP contribution in [0, 0.1) is 5.82 Å². The molecule has 1 aliphatic heterocycles. The summed E-state index contributed by atoms with van der Waals surface area (Å²) in [7, 11) is 0. The molecule has 0 aromatic heterocycles. The number of imide groups is 2. The Hall–Kier alpha value is -4.43. The van der Waals surface area contributed by atoms with Crippen molar-refractivity contribution in [2.45, 2.75) is 20.0 Å². The summed E-state index contributed by atoms with van der Waals surface area (Å²) < 4.78 is 25.3. The minimum absolute atomic E-state index is 0.124. The first-order valence-electron chi connectivity index (χ1n) is 11.8. The minimum atomic E-state index is -0.920. The Morgan fingerprint density at radius 1 is 1.05 bits per heavy atom. The summed E-state index contributed by atoms with van der Waals surface area (Å²) in [5.41, 5.74) is 1.92. The number of hydrogen-bond donors (Lipinski definition) is 1. The van der Waals surface area contributed by atoms with Crippen molar-refractivity contribution in [2.75, 3.05) is 11.5 Å². The van der Waals surface area contributed by atoms with E-state index in [1.54, 1.807) is 30.3 Å². The van der Waals surface area contributed by atoms with E-state index in [1.165, 1.54) is 18.2 Å². The van der Waals surface area contributed by atoms with E-state index in [0.29, 0.717) is 35.1 Å². The second-order valence-corrected chi connectivity index (χ2v) is 8.72. The van der Waals surface area contributed by atoms with E-state index in [4.69, 9.17) is 21.1 Å². The Morgan fingerprint density at radius 3 is 2.50 bits per heavy atom. The highest BCUT2D eigenvalue weighted by atomic mass is 35.5. The maximum atomic E-state index is 13.4. The van der Waals surface area contributed by atoms with Gasteiger partial charge in [-0.3, -0.25) is 14.9 Å². The average molecular weight is 535 g/mol. The first-order valence-corrected chi connectivity index (χ1v) is 12.1. The van der Waals surface area contributed by atoms with Gasteiger partial charge in [0, 0.05) is 10.6 Å². The number of anilines is 1. The van der Waals surface area contributed by atoms with Crippen molar-refractivity contribution in [2.24, 2.45) is 0 Å². The van der Waals surface area contributed by atoms with Gasteiger partial charge >= 0.3 is 6.03 Å². The van der Waals surface area contributed by atoms with Gasteiger partial charge in [0.25, 0.3) is 11.8 Å². The van der Waals surface area contributed by atoms with E-state index < -0.39 is 23.7 Å². The highest BCUT2D eigenvalue weighted by Gasteiger charge is 2.37. The van der Waals surface area contributed by atoms with E-state index >= 15 is 0 Å². The van der Waals surface area contributed by atoms with Gasteiger partial charge in [0.05, 0.1) is 12.3 Å². The molecule has 1 heterocycles. The molecule has 7 nitrogen and oxygen atoms in total. The fraction of sp³-hybridized carbons (Fsp3) is 0.138. The lowest BCUT2D eigenvalue weighted by Crippen LogP contribution is -2.54. The SMILES string of the molecule is C=CCc1cc(/C=C2\C(=O)NC(=O)N(c3ccc(F)cc3)C2=O)cc(OCC)c1OCc1cccc(Cl)c1. The van der Waals surface area contributed by atoms with Gasteiger partial charge < -0.3 is 9.47 Å². The molecule has 0 unspecified atom stereocenters. The molecule has 0 spiro atoms. The molecule has 38 heavy (non-hydrogen) atoms. The highest BCUT2D eigenvalue weighted by molar-refractivity contribution is 6.39. The van der Waals surface area contributed by atoms with E-state index in [0.717, 1.165) is 28.2 Å². The molecule has 0 radical (unpaired) electrons. The summed E-state index contributed by atoms with van der Waals surface area (Å²) in [5, 5.41) is 2.75. The summed E-state index contributed by atoms with van der Waals surface area (Å²) in [4.78, 5) is 39.1. The quantitative estimate of drug-likeness (QED) is 0.211. The van der Waals surface area contributed by atoms with Gasteiger partial charge in [-0.1, -0.05) is 29.8 Å². The summed E-state index contributed by atoms with van der Waals surface area (Å²) in [6.45, 7) is 6.21. The van der Waals surface area contributed by atoms with Crippen LogP contribution in [-0.4, -0.2) is 24.5 Å². The van der Waals surface area contributed by atoms with Crippen LogP contribution in [-0.2, 0) is 22.6 Å². The molecule has 1 fully saturated rings. The number of benzene rings is 3. The smallest absolute Gasteiger partial charge is 0.335 e. The lowest BCUT2D eigenvalue weighted by molar-refractivity contribution is -0.122. The van der Waals surface area contributed by atoms with Gasteiger partial charge in [-0.2, -0.15) is 0 Å². The number of nitrogens with one attached hydrogen (secondary N) is 1. The lowest BCUT2D eigenvalue weighted by atomic mass is 10.0. The first kappa shape index (κ1) is 26.6. The van der Waals surface area contributed by atoms with Crippen LogP contribution in [0.15, 0.2) is 78.9 Å². The molecular formula is C29H24ClFN2O5. The zero-order chi connectivity index (χ0) is 27.2. The molecule has 0 saturated carbocycles. The van der Waals surface area contributed by atoms with Crippen molar-refractivity contribution < 1.29 is 28.2 Å². The van der Waals surface area contributed by atoms with E-state index in [-0.39, 0.29) is 17.9 Å². The number of carbonyl (C=O) groups is 3. The van der Waals surface area contributed by atoms with Crippen LogP contribution in [0.4, 0.5) is 14.9 Å². The molecular weight excluding hydrogens is 511 g/mol. The van der Waals surface area contributed by atoms with Gasteiger partial charge in [0.1, 0.15) is 18.0 Å². The predicted octanol–water partition coefficient (Wildman–Crippen LogP) is 5.85. The molecule has 0 bridgehead atoms. The van der Waals surface area contributed by atoms with Gasteiger partial charge in [0.2, 0.25) is 0 Å². The largest absolute Gasteiger partial charge is 0.490 e. The van der Waals surface area contributed by atoms with Gasteiger partial charge in [0.15, 0.2) is 11.5 Å². The zero-order valence-electron chi connectivity index (χ0n) is 20.5. The van der Waals surface area contributed by atoms with Crippen molar-refractivity contribution in [3.63, 3.8) is 0 Å². The van der Waals surface area contributed by atoms with E-state index in [2.05, 4.69) is 11.9 Å². The van der Waals surface area contributed by atoms with Crippen molar-refractivity contribution in [1.82, 2.24) is 5.32 Å². The maximum Gasteiger partial charge on any atom is 0.335 e. The van der Waals surface area contributed by atoms with Gasteiger partial charge in [-0.05, 0) is 79.1 Å². The molecule has 9 heteroatoms. The summed E-state index contributed by atoms with van der Waals surface area (Å²) in [5.74, 6) is -1.30. The van der Waals surface area contributed by atoms with Gasteiger partial charge in [-0.15, -0.1) is 6.58 Å². The number of urea groups is 1. The fourth-order valence-electron chi connectivity index (χ4n) is 3.93. The third kappa shape index (κ3) is 5.92. The number of nitrogens with zero attached hydrogens (tertiary/aromatic N) is 1. The number of ether oxygens (including phenoxy) is 2.